The minimum absolute atomic E-state index is 0.164. The number of carbonyl (C=O) groups excluding carboxylic acids is 2. The fraction of sp³-hybridized carbons (Fsp3) is 0.600. The summed E-state index contributed by atoms with van der Waals surface area (Å²) >= 11 is 5.29. The summed E-state index contributed by atoms with van der Waals surface area (Å²) < 4.78 is 0.921. The maximum absolute atomic E-state index is 13.3. The number of nitrogens with zero attached hydrogens (tertiary/aromatic N) is 1. The molecule has 0 N–H and O–H groups in total. The van der Waals surface area contributed by atoms with Gasteiger partial charge in [0, 0.05) is 31.5 Å². The Bertz CT molecular complexity index is 787. The Morgan fingerprint density at radius 1 is 1.13 bits per heavy atom. The van der Waals surface area contributed by atoms with E-state index in [0.29, 0.717) is 19.3 Å². The number of rotatable bonds is 13. The zero-order valence-electron chi connectivity index (χ0n) is 19.7. The average Bonchev–Trinajstić information content (AvgIpc) is 3.00. The van der Waals surface area contributed by atoms with E-state index in [2.05, 4.69) is 48.5 Å². The molecular weight excluding hydrogens is 458 g/mol. The molecule has 1 heterocycles. The highest BCUT2D eigenvalue weighted by atomic mass is 79.9. The van der Waals surface area contributed by atoms with Gasteiger partial charge in [0.25, 0.3) is 0 Å². The van der Waals surface area contributed by atoms with Crippen LogP contribution in [0.5, 0.6) is 0 Å². The molecule has 30 heavy (non-hydrogen) atoms. The van der Waals surface area contributed by atoms with Gasteiger partial charge in [0.15, 0.2) is 11.6 Å². The van der Waals surface area contributed by atoms with E-state index in [-0.39, 0.29) is 17.5 Å². The van der Waals surface area contributed by atoms with Crippen molar-refractivity contribution in [2.24, 2.45) is 5.92 Å². The Morgan fingerprint density at radius 3 is 2.27 bits per heavy atom. The summed E-state index contributed by atoms with van der Waals surface area (Å²) in [5.41, 5.74) is 3.80. The summed E-state index contributed by atoms with van der Waals surface area (Å²) in [5.74, 6) is 0.555. The number of halogens is 1. The number of anilines is 1. The number of thiophene rings is 1. The number of allylic oxidation sites excluding steroid dienone is 4. The van der Waals surface area contributed by atoms with E-state index in [1.165, 1.54) is 5.00 Å². The molecule has 0 amide bonds. The quantitative estimate of drug-likeness (QED) is 0.158. The molecule has 5 heteroatoms. The molecule has 0 fully saturated rings. The molecule has 0 aromatic carbocycles. The molecule has 1 aromatic heterocycles. The van der Waals surface area contributed by atoms with Crippen molar-refractivity contribution in [3.05, 3.63) is 38.2 Å². The monoisotopic (exact) mass is 495 g/mol. The topological polar surface area (TPSA) is 37.4 Å². The molecular formula is C25H38BrNO2S. The van der Waals surface area contributed by atoms with Gasteiger partial charge in [0.2, 0.25) is 0 Å². The number of carbonyl (C=O) groups is 2. The van der Waals surface area contributed by atoms with Crippen LogP contribution in [0, 0.1) is 12.8 Å². The van der Waals surface area contributed by atoms with Gasteiger partial charge in [-0.1, -0.05) is 32.4 Å². The molecule has 168 valence electrons. The van der Waals surface area contributed by atoms with Crippen LogP contribution < -0.4 is 4.90 Å². The molecule has 1 atom stereocenters. The smallest absolute Gasteiger partial charge is 0.165 e. The summed E-state index contributed by atoms with van der Waals surface area (Å²) in [5, 5.41) is 1.17. The summed E-state index contributed by atoms with van der Waals surface area (Å²) in [6.07, 6.45) is 7.40. The second kappa shape index (κ2) is 13.3. The number of Topliss-reactive ketones (excluding diaryl/α,β-unsaturated/α-hetero) is 2. The van der Waals surface area contributed by atoms with E-state index < -0.39 is 0 Å². The minimum atomic E-state index is 0.164. The van der Waals surface area contributed by atoms with E-state index in [0.717, 1.165) is 52.0 Å². The van der Waals surface area contributed by atoms with E-state index in [9.17, 15) is 9.59 Å². The van der Waals surface area contributed by atoms with Gasteiger partial charge in [-0.25, -0.2) is 0 Å². The summed E-state index contributed by atoms with van der Waals surface area (Å²) in [4.78, 5) is 28.3. The van der Waals surface area contributed by atoms with E-state index in [1.54, 1.807) is 11.3 Å². The van der Waals surface area contributed by atoms with Crippen molar-refractivity contribution in [3.8, 4) is 0 Å². The van der Waals surface area contributed by atoms with Gasteiger partial charge < -0.3 is 4.90 Å². The van der Waals surface area contributed by atoms with Gasteiger partial charge in [0.05, 0.1) is 8.79 Å². The van der Waals surface area contributed by atoms with Crippen LogP contribution in [0.25, 0.3) is 0 Å². The van der Waals surface area contributed by atoms with Gasteiger partial charge in [-0.3, -0.25) is 9.59 Å². The molecule has 0 saturated carbocycles. The maximum atomic E-state index is 13.3. The zero-order valence-corrected chi connectivity index (χ0v) is 22.1. The molecule has 1 unspecified atom stereocenters. The Balaban J connectivity index is 3.13. The highest BCUT2D eigenvalue weighted by Crippen LogP contribution is 2.40. The van der Waals surface area contributed by atoms with Crippen LogP contribution >= 0.6 is 27.3 Å². The summed E-state index contributed by atoms with van der Waals surface area (Å²) in [7, 11) is 0. The van der Waals surface area contributed by atoms with Gasteiger partial charge >= 0.3 is 0 Å². The zero-order chi connectivity index (χ0) is 22.8. The van der Waals surface area contributed by atoms with Gasteiger partial charge in [0.1, 0.15) is 0 Å². The Hall–Kier alpha value is -1.20. The first-order valence-corrected chi connectivity index (χ1v) is 12.8. The minimum Gasteiger partial charge on any atom is -0.364 e. The van der Waals surface area contributed by atoms with Gasteiger partial charge in [-0.2, -0.15) is 0 Å². The molecule has 3 nitrogen and oxygen atoms in total. The fourth-order valence-corrected chi connectivity index (χ4v) is 5.99. The Labute approximate surface area is 195 Å². The van der Waals surface area contributed by atoms with Crippen LogP contribution in [-0.2, 0) is 4.79 Å². The third kappa shape index (κ3) is 6.91. The molecule has 0 aliphatic carbocycles. The van der Waals surface area contributed by atoms with Crippen LogP contribution in [0.4, 0.5) is 5.00 Å². The van der Waals surface area contributed by atoms with Crippen LogP contribution in [0.3, 0.4) is 0 Å². The number of hydrogen-bond acceptors (Lipinski definition) is 4. The first kappa shape index (κ1) is 26.8. The van der Waals surface area contributed by atoms with E-state index in [1.807, 2.05) is 32.9 Å². The van der Waals surface area contributed by atoms with Crippen LogP contribution in [0.2, 0.25) is 0 Å². The van der Waals surface area contributed by atoms with Crippen molar-refractivity contribution in [1.29, 1.82) is 0 Å². The second-order valence-electron chi connectivity index (χ2n) is 7.79. The molecule has 0 spiro atoms. The van der Waals surface area contributed by atoms with Crippen LogP contribution in [0.1, 0.15) is 89.6 Å². The second-order valence-corrected chi connectivity index (χ2v) is 10.1. The normalized spacial score (nSPS) is 13.5. The molecule has 1 rings (SSSR count). The molecule has 0 saturated heterocycles. The van der Waals surface area contributed by atoms with Gasteiger partial charge in [-0.15, -0.1) is 11.3 Å². The lowest BCUT2D eigenvalue weighted by Gasteiger charge is -2.20. The highest BCUT2D eigenvalue weighted by molar-refractivity contribution is 9.11. The molecule has 0 bridgehead atoms. The SMILES string of the molecule is CC=CC(C)=C(CC(CC)CC(=O)c1c(Br)sc(N(CC)CC)c1C)C(=O)CCC. The first-order valence-electron chi connectivity index (χ1n) is 11.2. The third-order valence-electron chi connectivity index (χ3n) is 5.66. The Morgan fingerprint density at radius 2 is 1.77 bits per heavy atom. The van der Waals surface area contributed by atoms with Gasteiger partial charge in [-0.05, 0) is 86.0 Å². The number of ketones is 2. The lowest BCUT2D eigenvalue weighted by atomic mass is 9.86. The summed E-state index contributed by atoms with van der Waals surface area (Å²) in [6, 6.07) is 0. The number of hydrogen-bond donors (Lipinski definition) is 0. The Kier molecular flexibility index (Phi) is 11.9. The van der Waals surface area contributed by atoms with Crippen LogP contribution in [0.15, 0.2) is 27.1 Å². The maximum Gasteiger partial charge on any atom is 0.165 e. The van der Waals surface area contributed by atoms with Crippen molar-refractivity contribution in [2.45, 2.75) is 80.6 Å². The van der Waals surface area contributed by atoms with E-state index >= 15 is 0 Å². The van der Waals surface area contributed by atoms with Crippen molar-refractivity contribution in [1.82, 2.24) is 0 Å². The summed E-state index contributed by atoms with van der Waals surface area (Å²) in [6.45, 7) is 16.3. The molecule has 0 aliphatic rings. The van der Waals surface area contributed by atoms with Crippen LogP contribution in [-0.4, -0.2) is 24.7 Å². The lowest BCUT2D eigenvalue weighted by molar-refractivity contribution is -0.115. The third-order valence-corrected chi connectivity index (χ3v) is 7.68. The van der Waals surface area contributed by atoms with E-state index in [4.69, 9.17) is 0 Å². The van der Waals surface area contributed by atoms with Crippen molar-refractivity contribution >= 4 is 43.8 Å². The van der Waals surface area contributed by atoms with Crippen molar-refractivity contribution < 1.29 is 9.59 Å². The average molecular weight is 497 g/mol. The largest absolute Gasteiger partial charge is 0.364 e. The van der Waals surface area contributed by atoms with Crippen molar-refractivity contribution in [2.75, 3.05) is 18.0 Å². The standard InChI is InChI=1S/C25H38BrNO2S/c1-8-13-17(6)20(21(28)14-9-2)15-19(10-3)16-22(29)23-18(7)25(30-24(23)26)27(11-4)12-5/h8,13,19H,9-12,14-16H2,1-7H3. The first-order chi connectivity index (χ1) is 14.2. The van der Waals surface area contributed by atoms with Crippen molar-refractivity contribution in [3.63, 3.8) is 0 Å². The highest BCUT2D eigenvalue weighted by Gasteiger charge is 2.25. The molecule has 0 radical (unpaired) electrons. The fourth-order valence-electron chi connectivity index (χ4n) is 3.84. The molecule has 0 aliphatic heterocycles. The lowest BCUT2D eigenvalue weighted by Crippen LogP contribution is -2.21. The predicted octanol–water partition coefficient (Wildman–Crippen LogP) is 7.92. The molecule has 1 aromatic rings. The predicted molar refractivity (Wildman–Crippen MR) is 135 cm³/mol.